The van der Waals surface area contributed by atoms with Gasteiger partial charge < -0.3 is 10.1 Å². The number of pyridine rings is 1. The minimum Gasteiger partial charge on any atom is -0.452 e. The Labute approximate surface area is 191 Å². The molecule has 10 nitrogen and oxygen atoms in total. The second-order valence-corrected chi connectivity index (χ2v) is 9.44. The zero-order valence-electron chi connectivity index (χ0n) is 18.0. The van der Waals surface area contributed by atoms with Gasteiger partial charge >= 0.3 is 5.97 Å². The van der Waals surface area contributed by atoms with Crippen molar-refractivity contribution in [3.05, 3.63) is 66.1 Å². The smallest absolute Gasteiger partial charge is 0.342 e. The molecule has 0 spiro atoms. The van der Waals surface area contributed by atoms with E-state index >= 15 is 0 Å². The largest absolute Gasteiger partial charge is 0.452 e. The third kappa shape index (κ3) is 4.94. The predicted octanol–water partition coefficient (Wildman–Crippen LogP) is 2.16. The van der Waals surface area contributed by atoms with Crippen LogP contribution in [0.4, 0.5) is 5.69 Å². The molecule has 1 fully saturated rings. The first-order chi connectivity index (χ1) is 15.9. The van der Waals surface area contributed by atoms with E-state index in [4.69, 9.17) is 4.74 Å². The van der Waals surface area contributed by atoms with Gasteiger partial charge in [0, 0.05) is 25.0 Å². The Balaban J connectivity index is 1.37. The molecule has 3 heterocycles. The molecule has 1 saturated heterocycles. The summed E-state index contributed by atoms with van der Waals surface area (Å²) in [6.45, 7) is 2.15. The molecule has 1 aliphatic heterocycles. The molecule has 0 unspecified atom stereocenters. The van der Waals surface area contributed by atoms with Crippen LogP contribution in [0.15, 0.2) is 59.8 Å². The number of carbonyl (C=O) groups is 2. The highest BCUT2D eigenvalue weighted by Gasteiger charge is 2.27. The first-order valence-electron chi connectivity index (χ1n) is 10.4. The van der Waals surface area contributed by atoms with E-state index < -0.39 is 28.5 Å². The van der Waals surface area contributed by atoms with Crippen molar-refractivity contribution in [3.8, 4) is 5.82 Å². The zero-order chi connectivity index (χ0) is 23.4. The topological polar surface area (TPSA) is 123 Å². The highest BCUT2D eigenvalue weighted by atomic mass is 32.2. The summed E-state index contributed by atoms with van der Waals surface area (Å²) >= 11 is 0. The maximum atomic E-state index is 12.7. The number of sulfonamides is 1. The molecule has 11 heteroatoms. The van der Waals surface area contributed by atoms with E-state index in [1.54, 1.807) is 43.5 Å². The van der Waals surface area contributed by atoms with Crippen molar-refractivity contribution in [2.45, 2.75) is 24.7 Å². The Kier molecular flexibility index (Phi) is 6.52. The summed E-state index contributed by atoms with van der Waals surface area (Å²) in [6, 6.07) is 11.3. The summed E-state index contributed by atoms with van der Waals surface area (Å²) in [6.07, 6.45) is 4.64. The van der Waals surface area contributed by atoms with Gasteiger partial charge in [0.05, 0.1) is 16.8 Å². The first-order valence-corrected chi connectivity index (χ1v) is 11.8. The maximum Gasteiger partial charge on any atom is 0.342 e. The summed E-state index contributed by atoms with van der Waals surface area (Å²) in [5.74, 6) is -0.736. The Morgan fingerprint density at radius 1 is 1.12 bits per heavy atom. The number of ether oxygens (including phenoxy) is 1. The number of rotatable bonds is 7. The highest BCUT2D eigenvalue weighted by molar-refractivity contribution is 7.89. The fourth-order valence-electron chi connectivity index (χ4n) is 3.54. The number of nitrogens with zero attached hydrogens (tertiary/aromatic N) is 4. The van der Waals surface area contributed by atoms with Gasteiger partial charge in [0.15, 0.2) is 12.4 Å². The number of hydrogen-bond acceptors (Lipinski definition) is 7. The van der Waals surface area contributed by atoms with Crippen LogP contribution in [0.2, 0.25) is 0 Å². The van der Waals surface area contributed by atoms with Crippen molar-refractivity contribution in [2.24, 2.45) is 0 Å². The van der Waals surface area contributed by atoms with Gasteiger partial charge in [-0.15, -0.1) is 0 Å². The summed E-state index contributed by atoms with van der Waals surface area (Å²) in [7, 11) is -3.60. The highest BCUT2D eigenvalue weighted by Crippen LogP contribution is 2.23. The minimum atomic E-state index is -3.60. The number of nitrogens with one attached hydrogen (secondary N) is 1. The van der Waals surface area contributed by atoms with Crippen molar-refractivity contribution in [2.75, 3.05) is 25.0 Å². The third-order valence-corrected chi connectivity index (χ3v) is 7.15. The third-order valence-electron chi connectivity index (χ3n) is 5.25. The van der Waals surface area contributed by atoms with Gasteiger partial charge in [0.2, 0.25) is 10.0 Å². The lowest BCUT2D eigenvalue weighted by Gasteiger charge is -2.16. The molecule has 1 N–H and O–H groups in total. The van der Waals surface area contributed by atoms with Gasteiger partial charge in [-0.1, -0.05) is 12.1 Å². The summed E-state index contributed by atoms with van der Waals surface area (Å²) in [5.41, 5.74) is 1.04. The van der Waals surface area contributed by atoms with Gasteiger partial charge in [0.25, 0.3) is 5.91 Å². The van der Waals surface area contributed by atoms with Gasteiger partial charge in [-0.05, 0) is 50.1 Å². The van der Waals surface area contributed by atoms with E-state index in [0.29, 0.717) is 30.3 Å². The number of carbonyl (C=O) groups excluding carboxylic acids is 2. The summed E-state index contributed by atoms with van der Waals surface area (Å²) < 4.78 is 33.5. The average Bonchev–Trinajstić information content (AvgIpc) is 3.49. The lowest BCUT2D eigenvalue weighted by atomic mass is 10.2. The lowest BCUT2D eigenvalue weighted by Crippen LogP contribution is -2.28. The number of amides is 1. The van der Waals surface area contributed by atoms with Gasteiger partial charge in [-0.25, -0.2) is 22.9 Å². The molecule has 1 aliphatic rings. The molecule has 0 saturated carbocycles. The van der Waals surface area contributed by atoms with Crippen molar-refractivity contribution >= 4 is 27.6 Å². The van der Waals surface area contributed by atoms with Crippen LogP contribution in [0.1, 0.15) is 28.9 Å². The molecule has 4 rings (SSSR count). The van der Waals surface area contributed by atoms with E-state index in [2.05, 4.69) is 15.4 Å². The maximum absolute atomic E-state index is 12.7. The van der Waals surface area contributed by atoms with E-state index in [9.17, 15) is 18.0 Å². The van der Waals surface area contributed by atoms with Crippen LogP contribution in [-0.2, 0) is 19.6 Å². The average molecular weight is 470 g/mol. The van der Waals surface area contributed by atoms with Crippen LogP contribution in [-0.4, -0.2) is 59.1 Å². The molecule has 172 valence electrons. The van der Waals surface area contributed by atoms with Crippen LogP contribution in [0.25, 0.3) is 5.82 Å². The van der Waals surface area contributed by atoms with Gasteiger partial charge in [0.1, 0.15) is 5.56 Å². The van der Waals surface area contributed by atoms with Crippen LogP contribution < -0.4 is 5.32 Å². The van der Waals surface area contributed by atoms with Crippen molar-refractivity contribution in [1.82, 2.24) is 19.1 Å². The number of esters is 1. The van der Waals surface area contributed by atoms with Crippen molar-refractivity contribution < 1.29 is 22.7 Å². The summed E-state index contributed by atoms with van der Waals surface area (Å²) in [4.78, 5) is 29.0. The quantitative estimate of drug-likeness (QED) is 0.526. The molecule has 1 aromatic carbocycles. The van der Waals surface area contributed by atoms with Crippen molar-refractivity contribution in [3.63, 3.8) is 0 Å². The second kappa shape index (κ2) is 9.51. The van der Waals surface area contributed by atoms with Gasteiger partial charge in [-0.2, -0.15) is 9.40 Å². The number of benzene rings is 1. The zero-order valence-corrected chi connectivity index (χ0v) is 18.8. The monoisotopic (exact) mass is 469 g/mol. The standard InChI is InChI=1S/C22H23N5O5S/c1-16-19(14-24-27(16)20-9-2-3-10-23-20)22(29)32-15-21(28)25-17-7-6-8-18(13-17)33(30,31)26-11-4-5-12-26/h2-3,6-10,13-14H,4-5,11-12,15H2,1H3,(H,25,28). The molecule has 3 aromatic rings. The van der Waals surface area contributed by atoms with E-state index in [-0.39, 0.29) is 10.5 Å². The molecule has 0 bridgehead atoms. The molecule has 2 aromatic heterocycles. The molecular weight excluding hydrogens is 446 g/mol. The molecular formula is C22H23N5O5S. The molecule has 1 amide bonds. The fourth-order valence-corrected chi connectivity index (χ4v) is 5.10. The van der Waals surface area contributed by atoms with E-state index in [1.165, 1.54) is 27.3 Å². The Bertz CT molecular complexity index is 1270. The number of anilines is 1. The molecule has 0 atom stereocenters. The molecule has 0 aliphatic carbocycles. The van der Waals surface area contributed by atoms with Gasteiger partial charge in [-0.3, -0.25) is 4.79 Å². The lowest BCUT2D eigenvalue weighted by molar-refractivity contribution is -0.119. The Morgan fingerprint density at radius 3 is 2.64 bits per heavy atom. The first kappa shape index (κ1) is 22.6. The van der Waals surface area contributed by atoms with Crippen molar-refractivity contribution in [1.29, 1.82) is 0 Å². The molecule has 0 radical (unpaired) electrons. The van der Waals surface area contributed by atoms with Crippen LogP contribution in [0.5, 0.6) is 0 Å². The predicted molar refractivity (Wildman–Crippen MR) is 119 cm³/mol. The fraction of sp³-hybridized carbons (Fsp3) is 0.273. The van der Waals surface area contributed by atoms with Crippen LogP contribution in [0.3, 0.4) is 0 Å². The Hall–Kier alpha value is -3.57. The Morgan fingerprint density at radius 2 is 1.91 bits per heavy atom. The number of hydrogen-bond donors (Lipinski definition) is 1. The summed E-state index contributed by atoms with van der Waals surface area (Å²) in [5, 5.41) is 6.73. The normalized spacial score (nSPS) is 14.2. The SMILES string of the molecule is Cc1c(C(=O)OCC(=O)Nc2cccc(S(=O)(=O)N3CCCC3)c2)cnn1-c1ccccn1. The number of aromatic nitrogens is 3. The minimum absolute atomic E-state index is 0.108. The molecule has 33 heavy (non-hydrogen) atoms. The van der Waals surface area contributed by atoms with E-state index in [1.807, 2.05) is 0 Å². The second-order valence-electron chi connectivity index (χ2n) is 7.51. The van der Waals surface area contributed by atoms with E-state index in [0.717, 1.165) is 12.8 Å². The van der Waals surface area contributed by atoms with Crippen LogP contribution in [0, 0.1) is 6.92 Å². The van der Waals surface area contributed by atoms with Crippen LogP contribution >= 0.6 is 0 Å².